The maximum atomic E-state index is 13.1. The summed E-state index contributed by atoms with van der Waals surface area (Å²) in [6.45, 7) is 0. The molecule has 1 aliphatic rings. The first-order chi connectivity index (χ1) is 15.7. The molecule has 32 heavy (non-hydrogen) atoms. The van der Waals surface area contributed by atoms with Crippen LogP contribution >= 0.6 is 23.4 Å². The van der Waals surface area contributed by atoms with Crippen LogP contribution in [0.15, 0.2) is 78.9 Å². The van der Waals surface area contributed by atoms with Gasteiger partial charge in [-0.05, 0) is 18.2 Å². The Hall–Kier alpha value is -3.42. The van der Waals surface area contributed by atoms with E-state index in [0.29, 0.717) is 28.2 Å². The monoisotopic (exact) mass is 457 g/mol. The zero-order valence-corrected chi connectivity index (χ0v) is 18.3. The second-order valence-electron chi connectivity index (χ2n) is 7.43. The Labute approximate surface area is 192 Å². The number of halogens is 1. The number of hydrogen-bond donors (Lipinski definition) is 0. The molecule has 1 unspecified atom stereocenters. The van der Waals surface area contributed by atoms with Gasteiger partial charge in [0, 0.05) is 21.5 Å². The maximum Gasteiger partial charge on any atom is 0.241 e. The van der Waals surface area contributed by atoms with E-state index in [0.717, 1.165) is 22.0 Å². The smallest absolute Gasteiger partial charge is 0.241 e. The van der Waals surface area contributed by atoms with Crippen molar-refractivity contribution >= 4 is 51.8 Å². The summed E-state index contributed by atoms with van der Waals surface area (Å²) in [6.07, 6.45) is 0. The van der Waals surface area contributed by atoms with Gasteiger partial charge >= 0.3 is 0 Å². The van der Waals surface area contributed by atoms with Crippen LogP contribution in [-0.4, -0.2) is 31.2 Å². The lowest BCUT2D eigenvalue weighted by Gasteiger charge is -2.23. The van der Waals surface area contributed by atoms with E-state index in [4.69, 9.17) is 16.6 Å². The van der Waals surface area contributed by atoms with Crippen molar-refractivity contribution in [2.45, 2.75) is 5.37 Å². The van der Waals surface area contributed by atoms with Crippen molar-refractivity contribution in [2.75, 3.05) is 10.7 Å². The molecule has 0 saturated carbocycles. The minimum atomic E-state index is -0.293. The number of fused-ring (bicyclic) bond motifs is 3. The van der Waals surface area contributed by atoms with Gasteiger partial charge in [0.2, 0.25) is 11.9 Å². The quantitative estimate of drug-likeness (QED) is 0.364. The van der Waals surface area contributed by atoms with Gasteiger partial charge in [-0.1, -0.05) is 72.3 Å². The number of para-hydroxylation sites is 1. The minimum absolute atomic E-state index is 0.0404. The standard InChI is InChI=1S/C24H16ClN5OS/c25-18-12-6-4-10-16(18)23-29(20(31)14-32-23)24-28-27-22-17-11-5-7-13-19(17)26-21(30(22)24)15-8-2-1-3-9-15/h1-13,23H,14H2. The van der Waals surface area contributed by atoms with Gasteiger partial charge in [0.1, 0.15) is 11.2 Å². The Kier molecular flexibility index (Phi) is 4.59. The minimum Gasteiger partial charge on any atom is -0.273 e. The van der Waals surface area contributed by atoms with Crippen LogP contribution in [0.2, 0.25) is 5.02 Å². The lowest BCUT2D eigenvalue weighted by atomic mass is 10.2. The molecule has 0 N–H and O–H groups in total. The fourth-order valence-electron chi connectivity index (χ4n) is 4.05. The number of anilines is 1. The molecule has 0 aliphatic carbocycles. The average Bonchev–Trinajstić information content (AvgIpc) is 3.43. The highest BCUT2D eigenvalue weighted by atomic mass is 35.5. The first-order valence-electron chi connectivity index (χ1n) is 10.1. The fraction of sp³-hybridized carbons (Fsp3) is 0.0833. The number of carbonyl (C=O) groups is 1. The second kappa shape index (κ2) is 7.62. The van der Waals surface area contributed by atoms with Crippen molar-refractivity contribution in [3.63, 3.8) is 0 Å². The molecule has 2 aromatic heterocycles. The van der Waals surface area contributed by atoms with Crippen molar-refractivity contribution in [3.05, 3.63) is 89.4 Å². The molecule has 1 fully saturated rings. The van der Waals surface area contributed by atoms with Crippen molar-refractivity contribution in [3.8, 4) is 11.4 Å². The van der Waals surface area contributed by atoms with Crippen LogP contribution < -0.4 is 4.90 Å². The SMILES string of the molecule is O=C1CSC(c2ccccc2Cl)N1c1nnc2c3ccccc3nc(-c3ccccc3)n12. The number of hydrogen-bond acceptors (Lipinski definition) is 5. The number of thioether (sulfide) groups is 1. The molecule has 1 atom stereocenters. The van der Waals surface area contributed by atoms with Gasteiger partial charge in [0.25, 0.3) is 0 Å². The molecule has 1 amide bonds. The average molecular weight is 458 g/mol. The molecule has 1 aliphatic heterocycles. The van der Waals surface area contributed by atoms with Crippen molar-refractivity contribution in [1.82, 2.24) is 19.6 Å². The zero-order chi connectivity index (χ0) is 21.7. The molecule has 5 aromatic rings. The van der Waals surface area contributed by atoms with Crippen LogP contribution in [-0.2, 0) is 4.79 Å². The highest BCUT2D eigenvalue weighted by molar-refractivity contribution is 8.00. The van der Waals surface area contributed by atoms with Gasteiger partial charge in [-0.2, -0.15) is 0 Å². The Bertz CT molecular complexity index is 1490. The highest BCUT2D eigenvalue weighted by Crippen LogP contribution is 2.44. The van der Waals surface area contributed by atoms with Crippen LogP contribution in [0.4, 0.5) is 5.95 Å². The van der Waals surface area contributed by atoms with Gasteiger partial charge in [-0.3, -0.25) is 9.69 Å². The third-order valence-electron chi connectivity index (χ3n) is 5.52. The summed E-state index contributed by atoms with van der Waals surface area (Å²) < 4.78 is 1.88. The van der Waals surface area contributed by atoms with Crippen molar-refractivity contribution < 1.29 is 4.79 Å². The molecule has 6 nitrogen and oxygen atoms in total. The van der Waals surface area contributed by atoms with E-state index in [1.807, 2.05) is 83.3 Å². The predicted octanol–water partition coefficient (Wildman–Crippen LogP) is 5.38. The van der Waals surface area contributed by atoms with Crippen molar-refractivity contribution in [2.24, 2.45) is 0 Å². The summed E-state index contributed by atoms with van der Waals surface area (Å²) in [6, 6.07) is 25.3. The first-order valence-corrected chi connectivity index (χ1v) is 11.5. The molecular weight excluding hydrogens is 442 g/mol. The lowest BCUT2D eigenvalue weighted by molar-refractivity contribution is -0.115. The zero-order valence-electron chi connectivity index (χ0n) is 16.7. The Balaban J connectivity index is 1.64. The molecule has 8 heteroatoms. The van der Waals surface area contributed by atoms with Gasteiger partial charge in [-0.25, -0.2) is 9.38 Å². The van der Waals surface area contributed by atoms with E-state index in [-0.39, 0.29) is 11.3 Å². The van der Waals surface area contributed by atoms with Crippen LogP contribution in [0.5, 0.6) is 0 Å². The van der Waals surface area contributed by atoms with Crippen LogP contribution in [0.1, 0.15) is 10.9 Å². The summed E-state index contributed by atoms with van der Waals surface area (Å²) in [4.78, 5) is 19.7. The fourth-order valence-corrected chi connectivity index (χ4v) is 5.54. The Morgan fingerprint density at radius 2 is 1.66 bits per heavy atom. The number of benzene rings is 3. The molecule has 0 bridgehead atoms. The molecule has 0 radical (unpaired) electrons. The van der Waals surface area contributed by atoms with Gasteiger partial charge < -0.3 is 0 Å². The molecule has 1 saturated heterocycles. The maximum absolute atomic E-state index is 13.1. The van der Waals surface area contributed by atoms with E-state index in [1.54, 1.807) is 4.90 Å². The molecule has 3 aromatic carbocycles. The van der Waals surface area contributed by atoms with Crippen LogP contribution in [0.25, 0.3) is 27.9 Å². The molecule has 0 spiro atoms. The number of nitrogens with zero attached hydrogens (tertiary/aromatic N) is 5. The van der Waals surface area contributed by atoms with E-state index in [2.05, 4.69) is 10.2 Å². The number of rotatable bonds is 3. The molecule has 3 heterocycles. The molecule has 6 rings (SSSR count). The third kappa shape index (κ3) is 2.97. The largest absolute Gasteiger partial charge is 0.273 e. The summed E-state index contributed by atoms with van der Waals surface area (Å²) in [5.41, 5.74) is 3.27. The van der Waals surface area contributed by atoms with E-state index in [1.165, 1.54) is 11.8 Å². The van der Waals surface area contributed by atoms with E-state index >= 15 is 0 Å². The van der Waals surface area contributed by atoms with E-state index in [9.17, 15) is 4.79 Å². The lowest BCUT2D eigenvalue weighted by Crippen LogP contribution is -2.30. The molecule has 156 valence electrons. The first kappa shape index (κ1) is 19.3. The number of amides is 1. The Morgan fingerprint density at radius 3 is 2.50 bits per heavy atom. The summed E-state index contributed by atoms with van der Waals surface area (Å²) in [5.74, 6) is 1.42. The third-order valence-corrected chi connectivity index (χ3v) is 7.05. The number of carbonyl (C=O) groups excluding carboxylic acids is 1. The van der Waals surface area contributed by atoms with E-state index < -0.39 is 0 Å². The Morgan fingerprint density at radius 1 is 0.906 bits per heavy atom. The van der Waals surface area contributed by atoms with Crippen LogP contribution in [0.3, 0.4) is 0 Å². The second-order valence-corrected chi connectivity index (χ2v) is 8.90. The topological polar surface area (TPSA) is 63.4 Å². The normalized spacial score (nSPS) is 16.3. The summed E-state index contributed by atoms with van der Waals surface area (Å²) in [5, 5.41) is 10.2. The summed E-state index contributed by atoms with van der Waals surface area (Å²) in [7, 11) is 0. The summed E-state index contributed by atoms with van der Waals surface area (Å²) >= 11 is 8.02. The van der Waals surface area contributed by atoms with Gasteiger partial charge in [0.05, 0.1) is 11.3 Å². The highest BCUT2D eigenvalue weighted by Gasteiger charge is 2.38. The predicted molar refractivity (Wildman–Crippen MR) is 128 cm³/mol. The molecular formula is C24H16ClN5OS. The van der Waals surface area contributed by atoms with Gasteiger partial charge in [0.15, 0.2) is 5.65 Å². The van der Waals surface area contributed by atoms with Gasteiger partial charge in [-0.15, -0.1) is 22.0 Å². The van der Waals surface area contributed by atoms with Crippen LogP contribution in [0, 0.1) is 0 Å². The number of aromatic nitrogens is 4. The van der Waals surface area contributed by atoms with Crippen molar-refractivity contribution in [1.29, 1.82) is 0 Å².